The monoisotopic (exact) mass is 370 g/mol. The average Bonchev–Trinajstić information content (AvgIpc) is 2.66. The van der Waals surface area contributed by atoms with Crippen LogP contribution in [0.15, 0.2) is 54.6 Å². The molecule has 0 heterocycles. The number of carbonyl (C=O) groups excluding carboxylic acids is 3. The van der Waals surface area contributed by atoms with Gasteiger partial charge in [-0.15, -0.1) is 0 Å². The predicted octanol–water partition coefficient (Wildman–Crippen LogP) is 2.23. The smallest absolute Gasteiger partial charge is 0.326 e. The molecule has 2 rings (SSSR count). The van der Waals surface area contributed by atoms with Crippen molar-refractivity contribution in [3.63, 3.8) is 0 Å². The van der Waals surface area contributed by atoms with Crippen molar-refractivity contribution in [1.29, 1.82) is 0 Å². The van der Waals surface area contributed by atoms with E-state index >= 15 is 0 Å². The molecule has 7 nitrogen and oxygen atoms in total. The van der Waals surface area contributed by atoms with Crippen molar-refractivity contribution in [3.8, 4) is 11.5 Å². The van der Waals surface area contributed by atoms with Gasteiger partial charge in [-0.25, -0.2) is 0 Å². The third-order valence-electron chi connectivity index (χ3n) is 3.59. The highest BCUT2D eigenvalue weighted by atomic mass is 16.5. The largest absolute Gasteiger partial charge is 0.457 e. The minimum absolute atomic E-state index is 0.327. The molecule has 0 aliphatic carbocycles. The van der Waals surface area contributed by atoms with Crippen molar-refractivity contribution in [1.82, 2.24) is 10.2 Å². The van der Waals surface area contributed by atoms with Gasteiger partial charge in [0.1, 0.15) is 18.0 Å². The van der Waals surface area contributed by atoms with Crippen LogP contribution in [0.1, 0.15) is 17.3 Å². The molecule has 0 aliphatic rings. The van der Waals surface area contributed by atoms with Crippen molar-refractivity contribution in [2.75, 3.05) is 20.6 Å². The van der Waals surface area contributed by atoms with Crippen LogP contribution in [0.3, 0.4) is 0 Å². The zero-order chi connectivity index (χ0) is 19.8. The minimum Gasteiger partial charge on any atom is -0.457 e. The predicted molar refractivity (Wildman–Crippen MR) is 99.5 cm³/mol. The molecule has 0 spiro atoms. The summed E-state index contributed by atoms with van der Waals surface area (Å²) in [6.07, 6.45) is -0.904. The summed E-state index contributed by atoms with van der Waals surface area (Å²) in [7, 11) is 3.14. The molecule has 7 heteroatoms. The molecule has 0 bridgehead atoms. The lowest BCUT2D eigenvalue weighted by Crippen LogP contribution is -2.38. The van der Waals surface area contributed by atoms with E-state index in [4.69, 9.17) is 9.47 Å². The number of carbonyl (C=O) groups is 3. The van der Waals surface area contributed by atoms with Crippen LogP contribution in [0.5, 0.6) is 11.5 Å². The lowest BCUT2D eigenvalue weighted by atomic mass is 10.2. The number of hydrogen-bond donors (Lipinski definition) is 1. The highest BCUT2D eigenvalue weighted by Gasteiger charge is 2.19. The summed E-state index contributed by atoms with van der Waals surface area (Å²) in [6.45, 7) is 1.15. The van der Waals surface area contributed by atoms with Gasteiger partial charge in [0.15, 0.2) is 6.10 Å². The zero-order valence-corrected chi connectivity index (χ0v) is 15.5. The summed E-state index contributed by atoms with van der Waals surface area (Å²) in [4.78, 5) is 36.8. The second kappa shape index (κ2) is 9.38. The van der Waals surface area contributed by atoms with Gasteiger partial charge < -0.3 is 19.7 Å². The number of hydrogen-bond acceptors (Lipinski definition) is 5. The van der Waals surface area contributed by atoms with Crippen molar-refractivity contribution >= 4 is 17.8 Å². The number of nitrogens with one attached hydrogen (secondary N) is 1. The SMILES string of the molecule is C[C@@H](OC(=O)CNC(=O)c1ccc(Oc2ccccc2)cc1)C(=O)N(C)C. The zero-order valence-electron chi connectivity index (χ0n) is 15.5. The molecule has 2 amide bonds. The Bertz CT molecular complexity index is 788. The highest BCUT2D eigenvalue weighted by Crippen LogP contribution is 2.21. The molecule has 0 saturated heterocycles. The summed E-state index contributed by atoms with van der Waals surface area (Å²) in [5.74, 6) is -0.157. The van der Waals surface area contributed by atoms with Crippen LogP contribution in [-0.4, -0.2) is 49.4 Å². The second-order valence-electron chi connectivity index (χ2n) is 5.99. The van der Waals surface area contributed by atoms with Gasteiger partial charge in [-0.05, 0) is 43.3 Å². The number of nitrogens with zero attached hydrogens (tertiary/aromatic N) is 1. The number of rotatable bonds is 7. The van der Waals surface area contributed by atoms with Crippen molar-refractivity contribution in [3.05, 3.63) is 60.2 Å². The highest BCUT2D eigenvalue weighted by molar-refractivity contribution is 5.96. The van der Waals surface area contributed by atoms with Crippen molar-refractivity contribution in [2.24, 2.45) is 0 Å². The first-order valence-electron chi connectivity index (χ1n) is 8.38. The fourth-order valence-corrected chi connectivity index (χ4v) is 2.21. The van der Waals surface area contributed by atoms with Crippen LogP contribution >= 0.6 is 0 Å². The first-order chi connectivity index (χ1) is 12.9. The molecule has 0 radical (unpaired) electrons. The van der Waals surface area contributed by atoms with Gasteiger partial charge in [0.05, 0.1) is 0 Å². The summed E-state index contributed by atoms with van der Waals surface area (Å²) >= 11 is 0. The Labute approximate surface area is 157 Å². The molecule has 0 fully saturated rings. The molecule has 0 aromatic heterocycles. The first kappa shape index (κ1) is 20.0. The molecule has 2 aromatic rings. The topological polar surface area (TPSA) is 84.9 Å². The maximum Gasteiger partial charge on any atom is 0.326 e. The van der Waals surface area contributed by atoms with E-state index in [1.54, 1.807) is 38.4 Å². The summed E-state index contributed by atoms with van der Waals surface area (Å²) < 4.78 is 10.6. The number of esters is 1. The van der Waals surface area contributed by atoms with Crippen LogP contribution in [-0.2, 0) is 14.3 Å². The van der Waals surface area contributed by atoms with Crippen LogP contribution < -0.4 is 10.1 Å². The standard InChI is InChI=1S/C20H22N2O5/c1-14(20(25)22(2)3)26-18(23)13-21-19(24)15-9-11-17(12-10-15)27-16-7-5-4-6-8-16/h4-12,14H,13H2,1-3H3,(H,21,24)/t14-/m1/s1. The molecule has 1 atom stereocenters. The Balaban J connectivity index is 1.83. The summed E-state index contributed by atoms with van der Waals surface area (Å²) in [6, 6.07) is 15.8. The first-order valence-corrected chi connectivity index (χ1v) is 8.38. The van der Waals surface area contributed by atoms with E-state index < -0.39 is 18.0 Å². The normalized spacial score (nSPS) is 11.2. The number of ether oxygens (including phenoxy) is 2. The van der Waals surface area contributed by atoms with Crippen molar-refractivity contribution in [2.45, 2.75) is 13.0 Å². The Hall–Kier alpha value is -3.35. The van der Waals surface area contributed by atoms with E-state index in [9.17, 15) is 14.4 Å². The van der Waals surface area contributed by atoms with Gasteiger partial charge in [0.2, 0.25) is 0 Å². The lowest BCUT2D eigenvalue weighted by molar-refractivity contribution is -0.157. The van der Waals surface area contributed by atoms with Gasteiger partial charge in [-0.2, -0.15) is 0 Å². The lowest BCUT2D eigenvalue weighted by Gasteiger charge is -2.17. The van der Waals surface area contributed by atoms with E-state index in [0.29, 0.717) is 17.1 Å². The van der Waals surface area contributed by atoms with Crippen LogP contribution in [0, 0.1) is 0 Å². The fourth-order valence-electron chi connectivity index (χ4n) is 2.21. The molecule has 2 aromatic carbocycles. The molecule has 27 heavy (non-hydrogen) atoms. The van der Waals surface area contributed by atoms with Gasteiger partial charge in [-0.1, -0.05) is 18.2 Å². The second-order valence-corrected chi connectivity index (χ2v) is 5.99. The number of amides is 2. The fraction of sp³-hybridized carbons (Fsp3) is 0.250. The third-order valence-corrected chi connectivity index (χ3v) is 3.59. The van der Waals surface area contributed by atoms with Gasteiger partial charge in [0, 0.05) is 19.7 Å². The van der Waals surface area contributed by atoms with Crippen molar-refractivity contribution < 1.29 is 23.9 Å². The van der Waals surface area contributed by atoms with E-state index in [1.165, 1.54) is 11.8 Å². The summed E-state index contributed by atoms with van der Waals surface area (Å²) in [5, 5.41) is 2.46. The van der Waals surface area contributed by atoms with Crippen LogP contribution in [0.4, 0.5) is 0 Å². The van der Waals surface area contributed by atoms with Gasteiger partial charge in [-0.3, -0.25) is 14.4 Å². The van der Waals surface area contributed by atoms with E-state index in [-0.39, 0.29) is 12.5 Å². The van der Waals surface area contributed by atoms with Gasteiger partial charge >= 0.3 is 5.97 Å². The maximum absolute atomic E-state index is 12.1. The Kier molecular flexibility index (Phi) is 6.93. The molecule has 0 saturated carbocycles. The number of benzene rings is 2. The Morgan fingerprint density at radius 1 is 0.963 bits per heavy atom. The third kappa shape index (κ3) is 6.14. The van der Waals surface area contributed by atoms with Gasteiger partial charge in [0.25, 0.3) is 11.8 Å². The quantitative estimate of drug-likeness (QED) is 0.756. The molecule has 0 unspecified atom stereocenters. The molecular formula is C20H22N2O5. The molecule has 1 N–H and O–H groups in total. The van der Waals surface area contributed by atoms with E-state index in [2.05, 4.69) is 5.32 Å². The number of para-hydroxylation sites is 1. The number of likely N-dealkylation sites (N-methyl/N-ethyl adjacent to an activating group) is 1. The Morgan fingerprint density at radius 2 is 1.56 bits per heavy atom. The maximum atomic E-state index is 12.1. The molecular weight excluding hydrogens is 348 g/mol. The molecule has 0 aliphatic heterocycles. The minimum atomic E-state index is -0.904. The van der Waals surface area contributed by atoms with Crippen LogP contribution in [0.25, 0.3) is 0 Å². The van der Waals surface area contributed by atoms with E-state index in [0.717, 1.165) is 0 Å². The van der Waals surface area contributed by atoms with Crippen LogP contribution in [0.2, 0.25) is 0 Å². The average molecular weight is 370 g/mol. The van der Waals surface area contributed by atoms with E-state index in [1.807, 2.05) is 30.3 Å². The molecule has 142 valence electrons. The Morgan fingerprint density at radius 3 is 2.15 bits per heavy atom. The summed E-state index contributed by atoms with van der Waals surface area (Å²) in [5.41, 5.74) is 0.376.